The minimum Gasteiger partial charge on any atom is -0.376 e. The Balaban J connectivity index is 1.55. The summed E-state index contributed by atoms with van der Waals surface area (Å²) in [7, 11) is 2.14. The standard InChI is InChI=1S/C16H23N3O/c1-19-11-16(10-18-19)6-7-20-14(8-16)15-13-5-3-2-4-12(13)9-17-15/h2-5,14-15,17-18H,6-11H2,1H3. The summed E-state index contributed by atoms with van der Waals surface area (Å²) in [6.45, 7) is 4.10. The number of hydrogen-bond acceptors (Lipinski definition) is 4. The van der Waals surface area contributed by atoms with Gasteiger partial charge < -0.3 is 10.1 Å². The summed E-state index contributed by atoms with van der Waals surface area (Å²) in [6, 6.07) is 9.12. The Kier molecular flexibility index (Phi) is 3.07. The minimum atomic E-state index is 0.306. The fourth-order valence-electron chi connectivity index (χ4n) is 4.11. The van der Waals surface area contributed by atoms with E-state index in [2.05, 4.69) is 47.1 Å². The normalized spacial score (nSPS) is 37.5. The summed E-state index contributed by atoms with van der Waals surface area (Å²) in [5.41, 5.74) is 6.74. The van der Waals surface area contributed by atoms with Crippen molar-refractivity contribution in [3.63, 3.8) is 0 Å². The van der Waals surface area contributed by atoms with E-state index in [0.29, 0.717) is 17.6 Å². The maximum Gasteiger partial charge on any atom is 0.0776 e. The average molecular weight is 273 g/mol. The summed E-state index contributed by atoms with van der Waals surface area (Å²) in [5.74, 6) is 0. The molecule has 1 aromatic carbocycles. The van der Waals surface area contributed by atoms with Gasteiger partial charge in [0.1, 0.15) is 0 Å². The number of rotatable bonds is 1. The van der Waals surface area contributed by atoms with E-state index >= 15 is 0 Å². The van der Waals surface area contributed by atoms with Gasteiger partial charge in [-0.15, -0.1) is 0 Å². The molecular weight excluding hydrogens is 250 g/mol. The lowest BCUT2D eigenvalue weighted by atomic mass is 9.76. The van der Waals surface area contributed by atoms with Crippen LogP contribution in [0.2, 0.25) is 0 Å². The van der Waals surface area contributed by atoms with Gasteiger partial charge in [0.25, 0.3) is 0 Å². The predicted molar refractivity (Wildman–Crippen MR) is 78.1 cm³/mol. The van der Waals surface area contributed by atoms with Crippen LogP contribution in [0.1, 0.15) is 30.0 Å². The maximum absolute atomic E-state index is 6.13. The highest BCUT2D eigenvalue weighted by Crippen LogP contribution is 2.41. The zero-order valence-electron chi connectivity index (χ0n) is 12.1. The van der Waals surface area contributed by atoms with Crippen molar-refractivity contribution in [2.75, 3.05) is 26.7 Å². The molecule has 3 aliphatic heterocycles. The molecule has 3 atom stereocenters. The van der Waals surface area contributed by atoms with Gasteiger partial charge in [-0.1, -0.05) is 24.3 Å². The van der Waals surface area contributed by atoms with Crippen molar-refractivity contribution in [3.8, 4) is 0 Å². The van der Waals surface area contributed by atoms with Crippen molar-refractivity contribution in [2.45, 2.75) is 31.5 Å². The zero-order valence-corrected chi connectivity index (χ0v) is 12.1. The quantitative estimate of drug-likeness (QED) is 0.812. The molecule has 1 spiro atoms. The SMILES string of the molecule is CN1CC2(CCOC(C3NCc4ccccc43)C2)CN1. The van der Waals surface area contributed by atoms with Crippen LogP contribution in [0.4, 0.5) is 0 Å². The van der Waals surface area contributed by atoms with Gasteiger partial charge in [-0.3, -0.25) is 5.43 Å². The Morgan fingerprint density at radius 2 is 2.25 bits per heavy atom. The van der Waals surface area contributed by atoms with E-state index in [9.17, 15) is 0 Å². The van der Waals surface area contributed by atoms with Crippen LogP contribution >= 0.6 is 0 Å². The first-order valence-corrected chi connectivity index (χ1v) is 7.63. The van der Waals surface area contributed by atoms with E-state index in [-0.39, 0.29) is 0 Å². The maximum atomic E-state index is 6.13. The second-order valence-electron chi connectivity index (χ2n) is 6.61. The van der Waals surface area contributed by atoms with Gasteiger partial charge >= 0.3 is 0 Å². The van der Waals surface area contributed by atoms with E-state index in [0.717, 1.165) is 32.7 Å². The Bertz CT molecular complexity index is 502. The molecule has 4 heteroatoms. The predicted octanol–water partition coefficient (Wildman–Crippen LogP) is 1.45. The van der Waals surface area contributed by atoms with Crippen molar-refractivity contribution in [1.82, 2.24) is 15.8 Å². The Hall–Kier alpha value is -0.940. The Morgan fingerprint density at radius 3 is 3.10 bits per heavy atom. The van der Waals surface area contributed by atoms with Crippen molar-refractivity contribution in [2.24, 2.45) is 5.41 Å². The lowest BCUT2D eigenvalue weighted by Gasteiger charge is -2.39. The molecular formula is C16H23N3O. The molecule has 0 radical (unpaired) electrons. The Morgan fingerprint density at radius 1 is 1.35 bits per heavy atom. The van der Waals surface area contributed by atoms with Crippen LogP contribution in [0.25, 0.3) is 0 Å². The van der Waals surface area contributed by atoms with Crippen LogP contribution < -0.4 is 10.7 Å². The van der Waals surface area contributed by atoms with Crippen LogP contribution in [-0.4, -0.2) is 37.9 Å². The average Bonchev–Trinajstić information content (AvgIpc) is 3.03. The molecule has 0 aromatic heterocycles. The number of hydrazine groups is 1. The van der Waals surface area contributed by atoms with Crippen LogP contribution in [0.15, 0.2) is 24.3 Å². The highest BCUT2D eigenvalue weighted by Gasteiger charge is 2.44. The molecule has 4 rings (SSSR count). The summed E-state index contributed by atoms with van der Waals surface area (Å²) in [5, 5.41) is 5.88. The van der Waals surface area contributed by atoms with E-state index in [1.807, 2.05) is 0 Å². The highest BCUT2D eigenvalue weighted by atomic mass is 16.5. The third-order valence-electron chi connectivity index (χ3n) is 5.17. The number of ether oxygens (including phenoxy) is 1. The highest BCUT2D eigenvalue weighted by molar-refractivity contribution is 5.34. The van der Waals surface area contributed by atoms with Crippen molar-refractivity contribution in [3.05, 3.63) is 35.4 Å². The van der Waals surface area contributed by atoms with Gasteiger partial charge in [-0.25, -0.2) is 5.01 Å². The van der Waals surface area contributed by atoms with E-state index in [1.54, 1.807) is 0 Å². The smallest absolute Gasteiger partial charge is 0.0776 e. The van der Waals surface area contributed by atoms with E-state index in [4.69, 9.17) is 4.74 Å². The number of hydrogen-bond donors (Lipinski definition) is 2. The number of fused-ring (bicyclic) bond motifs is 1. The molecule has 3 aliphatic rings. The van der Waals surface area contributed by atoms with Gasteiger partial charge in [0.2, 0.25) is 0 Å². The molecule has 108 valence electrons. The second kappa shape index (κ2) is 4.81. The number of nitrogens with one attached hydrogen (secondary N) is 2. The van der Waals surface area contributed by atoms with Crippen LogP contribution in [0, 0.1) is 5.41 Å². The van der Waals surface area contributed by atoms with Crippen LogP contribution in [-0.2, 0) is 11.3 Å². The van der Waals surface area contributed by atoms with Crippen molar-refractivity contribution >= 4 is 0 Å². The first-order chi connectivity index (χ1) is 9.76. The van der Waals surface area contributed by atoms with Crippen molar-refractivity contribution < 1.29 is 4.74 Å². The molecule has 0 bridgehead atoms. The topological polar surface area (TPSA) is 36.5 Å². The minimum absolute atomic E-state index is 0.306. The van der Waals surface area contributed by atoms with Gasteiger partial charge in [-0.2, -0.15) is 0 Å². The van der Waals surface area contributed by atoms with Crippen LogP contribution in [0.3, 0.4) is 0 Å². The monoisotopic (exact) mass is 273 g/mol. The largest absolute Gasteiger partial charge is 0.376 e. The summed E-state index contributed by atoms with van der Waals surface area (Å²) in [4.78, 5) is 0. The lowest BCUT2D eigenvalue weighted by Crippen LogP contribution is -2.43. The molecule has 0 aliphatic carbocycles. The van der Waals surface area contributed by atoms with E-state index < -0.39 is 0 Å². The molecule has 2 saturated heterocycles. The molecule has 0 amide bonds. The third kappa shape index (κ3) is 2.07. The molecule has 1 aromatic rings. The number of benzene rings is 1. The van der Waals surface area contributed by atoms with Gasteiger partial charge in [0, 0.05) is 38.7 Å². The summed E-state index contributed by atoms with van der Waals surface area (Å²) >= 11 is 0. The molecule has 3 heterocycles. The lowest BCUT2D eigenvalue weighted by molar-refractivity contribution is -0.0569. The zero-order chi connectivity index (χ0) is 13.6. The van der Waals surface area contributed by atoms with E-state index in [1.165, 1.54) is 17.5 Å². The van der Waals surface area contributed by atoms with Crippen LogP contribution in [0.5, 0.6) is 0 Å². The van der Waals surface area contributed by atoms with Gasteiger partial charge in [0.05, 0.1) is 12.1 Å². The molecule has 20 heavy (non-hydrogen) atoms. The van der Waals surface area contributed by atoms with Gasteiger partial charge in [-0.05, 0) is 24.0 Å². The fraction of sp³-hybridized carbons (Fsp3) is 0.625. The molecule has 3 unspecified atom stereocenters. The fourth-order valence-corrected chi connectivity index (χ4v) is 4.11. The number of nitrogens with zero attached hydrogens (tertiary/aromatic N) is 1. The molecule has 2 N–H and O–H groups in total. The molecule has 0 saturated carbocycles. The second-order valence-corrected chi connectivity index (χ2v) is 6.61. The molecule has 4 nitrogen and oxygen atoms in total. The first kappa shape index (κ1) is 12.8. The summed E-state index contributed by atoms with van der Waals surface area (Å²) < 4.78 is 6.13. The first-order valence-electron chi connectivity index (χ1n) is 7.63. The third-order valence-corrected chi connectivity index (χ3v) is 5.17. The van der Waals surface area contributed by atoms with Crippen molar-refractivity contribution in [1.29, 1.82) is 0 Å². The Labute approximate surface area is 120 Å². The summed E-state index contributed by atoms with van der Waals surface area (Å²) in [6.07, 6.45) is 2.63. The van der Waals surface area contributed by atoms with Gasteiger partial charge in [0.15, 0.2) is 0 Å². The molecule has 2 fully saturated rings.